The van der Waals surface area contributed by atoms with Crippen molar-refractivity contribution in [2.75, 3.05) is 18.9 Å². The smallest absolute Gasteiger partial charge is 0.339 e. The molecule has 0 fully saturated rings. The number of anilines is 1. The van der Waals surface area contributed by atoms with E-state index in [0.29, 0.717) is 6.54 Å². The topological polar surface area (TPSA) is 111 Å². The van der Waals surface area contributed by atoms with E-state index in [0.717, 1.165) is 6.07 Å². The summed E-state index contributed by atoms with van der Waals surface area (Å²) < 4.78 is 5.04. The van der Waals surface area contributed by atoms with Crippen LogP contribution in [0, 0.1) is 16.0 Å². The fourth-order valence-electron chi connectivity index (χ4n) is 1.75. The van der Waals surface area contributed by atoms with E-state index in [-0.39, 0.29) is 22.9 Å². The highest BCUT2D eigenvalue weighted by Gasteiger charge is 2.22. The van der Waals surface area contributed by atoms with E-state index in [4.69, 9.17) is 4.74 Å². The van der Waals surface area contributed by atoms with Crippen molar-refractivity contribution in [3.8, 4) is 0 Å². The molecule has 0 radical (unpaired) electrons. The maximum absolute atomic E-state index is 12.0. The van der Waals surface area contributed by atoms with Crippen molar-refractivity contribution in [3.05, 3.63) is 33.9 Å². The molecule has 0 saturated carbocycles. The third-order valence-electron chi connectivity index (χ3n) is 3.04. The maximum atomic E-state index is 12.0. The van der Waals surface area contributed by atoms with Crippen LogP contribution in [-0.2, 0) is 9.53 Å². The molecule has 0 aromatic heterocycles. The normalized spacial score (nSPS) is 11.7. The third kappa shape index (κ3) is 5.24. The van der Waals surface area contributed by atoms with Gasteiger partial charge in [-0.3, -0.25) is 14.9 Å². The van der Waals surface area contributed by atoms with E-state index in [1.54, 1.807) is 7.05 Å². The molecule has 0 aliphatic heterocycles. The van der Waals surface area contributed by atoms with Gasteiger partial charge in [0.1, 0.15) is 5.69 Å². The zero-order valence-corrected chi connectivity index (χ0v) is 13.6. The van der Waals surface area contributed by atoms with Crippen LogP contribution >= 0.6 is 0 Å². The molecule has 0 spiro atoms. The second kappa shape index (κ2) is 8.11. The van der Waals surface area contributed by atoms with Crippen LogP contribution in [0.25, 0.3) is 0 Å². The van der Waals surface area contributed by atoms with Gasteiger partial charge in [0, 0.05) is 19.7 Å². The Bertz CT molecular complexity index is 601. The average molecular weight is 323 g/mol. The van der Waals surface area contributed by atoms with Gasteiger partial charge in [0.15, 0.2) is 6.10 Å². The van der Waals surface area contributed by atoms with Gasteiger partial charge in [-0.1, -0.05) is 13.8 Å². The number of benzene rings is 1. The quantitative estimate of drug-likeness (QED) is 0.451. The number of nitrogens with one attached hydrogen (secondary N) is 2. The Labute approximate surface area is 134 Å². The summed E-state index contributed by atoms with van der Waals surface area (Å²) >= 11 is 0. The molecule has 0 heterocycles. The molecule has 1 amide bonds. The molecule has 1 aromatic rings. The molecule has 126 valence electrons. The lowest BCUT2D eigenvalue weighted by molar-refractivity contribution is -0.384. The Morgan fingerprint density at radius 1 is 1.30 bits per heavy atom. The SMILES string of the molecule is CNc1ccc(C(=O)O[C@H](C)C(=O)NCC(C)C)cc1[N+](=O)[O-]. The van der Waals surface area contributed by atoms with Crippen molar-refractivity contribution in [1.29, 1.82) is 0 Å². The number of hydrogen-bond acceptors (Lipinski definition) is 6. The van der Waals surface area contributed by atoms with Gasteiger partial charge < -0.3 is 15.4 Å². The number of amides is 1. The number of nitro benzene ring substituents is 1. The van der Waals surface area contributed by atoms with Gasteiger partial charge in [-0.25, -0.2) is 4.79 Å². The highest BCUT2D eigenvalue weighted by atomic mass is 16.6. The largest absolute Gasteiger partial charge is 0.449 e. The average Bonchev–Trinajstić information content (AvgIpc) is 2.51. The van der Waals surface area contributed by atoms with Crippen LogP contribution in [0.5, 0.6) is 0 Å². The molecule has 2 N–H and O–H groups in total. The molecule has 0 bridgehead atoms. The number of nitro groups is 1. The Hall–Kier alpha value is -2.64. The first-order valence-electron chi connectivity index (χ1n) is 7.21. The maximum Gasteiger partial charge on any atom is 0.339 e. The molecular formula is C15H21N3O5. The summed E-state index contributed by atoms with van der Waals surface area (Å²) in [5.74, 6) is -0.921. The van der Waals surface area contributed by atoms with Crippen LogP contribution in [0.2, 0.25) is 0 Å². The molecule has 8 heteroatoms. The highest BCUT2D eigenvalue weighted by Crippen LogP contribution is 2.25. The van der Waals surface area contributed by atoms with E-state index in [1.807, 2.05) is 13.8 Å². The molecule has 1 atom stereocenters. The van der Waals surface area contributed by atoms with Crippen LogP contribution in [0.3, 0.4) is 0 Å². The Morgan fingerprint density at radius 2 is 1.96 bits per heavy atom. The number of carbonyl (C=O) groups is 2. The summed E-state index contributed by atoms with van der Waals surface area (Å²) in [7, 11) is 1.54. The van der Waals surface area contributed by atoms with E-state index in [1.165, 1.54) is 19.1 Å². The van der Waals surface area contributed by atoms with Crippen LogP contribution < -0.4 is 10.6 Å². The van der Waals surface area contributed by atoms with Crippen LogP contribution in [0.15, 0.2) is 18.2 Å². The summed E-state index contributed by atoms with van der Waals surface area (Å²) in [6.07, 6.45) is -0.982. The van der Waals surface area contributed by atoms with Gasteiger partial charge in [0.2, 0.25) is 0 Å². The van der Waals surface area contributed by atoms with Crippen molar-refractivity contribution in [2.45, 2.75) is 26.9 Å². The number of ether oxygens (including phenoxy) is 1. The number of hydrogen-bond donors (Lipinski definition) is 2. The number of rotatable bonds is 7. The highest BCUT2D eigenvalue weighted by molar-refractivity contribution is 5.93. The first-order chi connectivity index (χ1) is 10.8. The lowest BCUT2D eigenvalue weighted by Crippen LogP contribution is -2.37. The van der Waals surface area contributed by atoms with Gasteiger partial charge in [-0.15, -0.1) is 0 Å². The van der Waals surface area contributed by atoms with Crippen molar-refractivity contribution in [3.63, 3.8) is 0 Å². The predicted octanol–water partition coefficient (Wildman–Crippen LogP) is 1.95. The molecule has 23 heavy (non-hydrogen) atoms. The zero-order chi connectivity index (χ0) is 17.6. The van der Waals surface area contributed by atoms with Crippen molar-refractivity contribution in [1.82, 2.24) is 5.32 Å². The first kappa shape index (κ1) is 18.4. The molecule has 8 nitrogen and oxygen atoms in total. The monoisotopic (exact) mass is 323 g/mol. The fourth-order valence-corrected chi connectivity index (χ4v) is 1.75. The minimum Gasteiger partial charge on any atom is -0.449 e. The Balaban J connectivity index is 2.80. The van der Waals surface area contributed by atoms with Gasteiger partial charge >= 0.3 is 5.97 Å². The predicted molar refractivity (Wildman–Crippen MR) is 85.4 cm³/mol. The summed E-state index contributed by atoms with van der Waals surface area (Å²) in [5.41, 5.74) is 0.0624. The molecule has 0 aliphatic rings. The molecular weight excluding hydrogens is 302 g/mol. The van der Waals surface area contributed by atoms with E-state index in [9.17, 15) is 19.7 Å². The molecule has 1 aromatic carbocycles. The van der Waals surface area contributed by atoms with E-state index < -0.39 is 22.9 Å². The minimum atomic E-state index is -0.982. The van der Waals surface area contributed by atoms with Gasteiger partial charge in [-0.05, 0) is 25.0 Å². The van der Waals surface area contributed by atoms with Crippen molar-refractivity contribution < 1.29 is 19.2 Å². The fraction of sp³-hybridized carbons (Fsp3) is 0.467. The summed E-state index contributed by atoms with van der Waals surface area (Å²) in [6.45, 7) is 5.81. The Kier molecular flexibility index (Phi) is 6.49. The second-order valence-corrected chi connectivity index (χ2v) is 5.43. The van der Waals surface area contributed by atoms with Crippen LogP contribution in [0.1, 0.15) is 31.1 Å². The zero-order valence-electron chi connectivity index (χ0n) is 13.6. The van der Waals surface area contributed by atoms with Gasteiger partial charge in [0.05, 0.1) is 10.5 Å². The van der Waals surface area contributed by atoms with Gasteiger partial charge in [-0.2, -0.15) is 0 Å². The lowest BCUT2D eigenvalue weighted by atomic mass is 10.1. The van der Waals surface area contributed by atoms with E-state index in [2.05, 4.69) is 10.6 Å². The number of nitrogens with zero attached hydrogens (tertiary/aromatic N) is 1. The third-order valence-corrected chi connectivity index (χ3v) is 3.04. The summed E-state index contributed by atoms with van der Waals surface area (Å²) in [5, 5.41) is 16.3. The first-order valence-corrected chi connectivity index (χ1v) is 7.21. The molecule has 0 unspecified atom stereocenters. The molecule has 1 rings (SSSR count). The summed E-state index contributed by atoms with van der Waals surface area (Å²) in [4.78, 5) is 34.2. The van der Waals surface area contributed by atoms with Gasteiger partial charge in [0.25, 0.3) is 11.6 Å². The summed E-state index contributed by atoms with van der Waals surface area (Å²) in [6, 6.07) is 3.94. The van der Waals surface area contributed by atoms with Crippen molar-refractivity contribution in [2.24, 2.45) is 5.92 Å². The van der Waals surface area contributed by atoms with Crippen molar-refractivity contribution >= 4 is 23.3 Å². The van der Waals surface area contributed by atoms with Crippen LogP contribution in [-0.4, -0.2) is 36.5 Å². The molecule has 0 aliphatic carbocycles. The Morgan fingerprint density at radius 3 is 2.48 bits per heavy atom. The minimum absolute atomic E-state index is 0.0132. The second-order valence-electron chi connectivity index (χ2n) is 5.43. The standard InChI is InChI=1S/C15H21N3O5/c1-9(2)8-17-14(19)10(3)23-15(20)11-5-6-12(16-4)13(7-11)18(21)22/h5-7,9-10,16H,8H2,1-4H3,(H,17,19)/t10-/m1/s1. The number of esters is 1. The molecule has 0 saturated heterocycles. The number of carbonyl (C=O) groups excluding carboxylic acids is 2. The van der Waals surface area contributed by atoms with E-state index >= 15 is 0 Å². The lowest BCUT2D eigenvalue weighted by Gasteiger charge is -2.14. The van der Waals surface area contributed by atoms with Crippen LogP contribution in [0.4, 0.5) is 11.4 Å².